The van der Waals surface area contributed by atoms with Crippen LogP contribution in [0.2, 0.25) is 0 Å². The molecule has 4 heteroatoms. The van der Waals surface area contributed by atoms with E-state index in [1.165, 1.54) is 17.7 Å². The topological polar surface area (TPSA) is 38.0 Å². The van der Waals surface area contributed by atoms with Crippen molar-refractivity contribution in [2.24, 2.45) is 5.84 Å². The molecule has 2 nitrogen and oxygen atoms in total. The second-order valence-corrected chi connectivity index (χ2v) is 5.43. The molecule has 1 unspecified atom stereocenters. The molecule has 3 N–H and O–H groups in total. The zero-order valence-electron chi connectivity index (χ0n) is 10.7. The fraction of sp³-hybridized carbons (Fsp3) is 0.200. The van der Waals surface area contributed by atoms with E-state index in [0.29, 0.717) is 6.42 Å². The largest absolute Gasteiger partial charge is 0.271 e. The molecule has 2 aromatic rings. The SMILES string of the molecule is Cc1ccc(CC(NN)c2cc(F)ccc2Br)cc1. The third kappa shape index (κ3) is 3.62. The van der Waals surface area contributed by atoms with Crippen molar-refractivity contribution >= 4 is 15.9 Å². The van der Waals surface area contributed by atoms with E-state index >= 15 is 0 Å². The van der Waals surface area contributed by atoms with Crippen molar-refractivity contribution in [1.82, 2.24) is 5.43 Å². The third-order valence-electron chi connectivity index (χ3n) is 3.10. The average molecular weight is 323 g/mol. The standard InChI is InChI=1S/C15H16BrFN2/c1-10-2-4-11(5-3-10)8-15(19-18)13-9-12(17)6-7-14(13)16/h2-7,9,15,19H,8,18H2,1H3. The van der Waals surface area contributed by atoms with Crippen LogP contribution in [-0.2, 0) is 6.42 Å². The highest BCUT2D eigenvalue weighted by Gasteiger charge is 2.14. The Labute approximate surface area is 120 Å². The van der Waals surface area contributed by atoms with Gasteiger partial charge in [0.1, 0.15) is 5.82 Å². The molecule has 0 spiro atoms. The number of nitrogens with two attached hydrogens (primary N) is 1. The van der Waals surface area contributed by atoms with Gasteiger partial charge in [0.05, 0.1) is 6.04 Å². The van der Waals surface area contributed by atoms with Crippen LogP contribution >= 0.6 is 15.9 Å². The van der Waals surface area contributed by atoms with Gasteiger partial charge in [-0.3, -0.25) is 11.3 Å². The highest BCUT2D eigenvalue weighted by Crippen LogP contribution is 2.26. The van der Waals surface area contributed by atoms with Crippen LogP contribution in [0.15, 0.2) is 46.9 Å². The summed E-state index contributed by atoms with van der Waals surface area (Å²) in [6, 6.07) is 12.7. The molecule has 0 heterocycles. The molecule has 2 rings (SSSR count). The van der Waals surface area contributed by atoms with E-state index in [4.69, 9.17) is 5.84 Å². The lowest BCUT2D eigenvalue weighted by atomic mass is 9.99. The zero-order chi connectivity index (χ0) is 13.8. The quantitative estimate of drug-likeness (QED) is 0.666. The molecular weight excluding hydrogens is 307 g/mol. The van der Waals surface area contributed by atoms with Gasteiger partial charge in [-0.05, 0) is 42.7 Å². The molecule has 0 aliphatic carbocycles. The van der Waals surface area contributed by atoms with E-state index in [9.17, 15) is 4.39 Å². The molecule has 0 aromatic heterocycles. The van der Waals surface area contributed by atoms with Crippen molar-refractivity contribution in [2.45, 2.75) is 19.4 Å². The summed E-state index contributed by atoms with van der Waals surface area (Å²) < 4.78 is 14.2. The van der Waals surface area contributed by atoms with Crippen LogP contribution in [0.25, 0.3) is 0 Å². The number of rotatable bonds is 4. The summed E-state index contributed by atoms with van der Waals surface area (Å²) in [5.41, 5.74) is 5.95. The zero-order valence-corrected chi connectivity index (χ0v) is 12.2. The summed E-state index contributed by atoms with van der Waals surface area (Å²) in [6.07, 6.45) is 0.707. The molecule has 0 aliphatic rings. The molecular formula is C15H16BrFN2. The van der Waals surface area contributed by atoms with Crippen LogP contribution in [0.1, 0.15) is 22.7 Å². The van der Waals surface area contributed by atoms with Crippen molar-refractivity contribution < 1.29 is 4.39 Å². The summed E-state index contributed by atoms with van der Waals surface area (Å²) in [6.45, 7) is 2.05. The number of hydrogen-bond donors (Lipinski definition) is 2. The number of aryl methyl sites for hydroxylation is 1. The molecule has 0 saturated heterocycles. The molecule has 19 heavy (non-hydrogen) atoms. The molecule has 0 saturated carbocycles. The monoisotopic (exact) mass is 322 g/mol. The summed E-state index contributed by atoms with van der Waals surface area (Å²) in [4.78, 5) is 0. The molecule has 2 aromatic carbocycles. The molecule has 0 amide bonds. The van der Waals surface area contributed by atoms with E-state index in [2.05, 4.69) is 45.6 Å². The minimum atomic E-state index is -0.262. The van der Waals surface area contributed by atoms with Gasteiger partial charge < -0.3 is 0 Å². The van der Waals surface area contributed by atoms with Crippen molar-refractivity contribution in [3.8, 4) is 0 Å². The fourth-order valence-electron chi connectivity index (χ4n) is 2.00. The predicted octanol–water partition coefficient (Wildman–Crippen LogP) is 3.64. The van der Waals surface area contributed by atoms with E-state index in [1.54, 1.807) is 6.07 Å². The first-order chi connectivity index (χ1) is 9.10. The van der Waals surface area contributed by atoms with Crippen molar-refractivity contribution in [1.29, 1.82) is 0 Å². The highest BCUT2D eigenvalue weighted by atomic mass is 79.9. The van der Waals surface area contributed by atoms with E-state index in [1.807, 2.05) is 6.92 Å². The van der Waals surface area contributed by atoms with Gasteiger partial charge in [-0.2, -0.15) is 0 Å². The smallest absolute Gasteiger partial charge is 0.123 e. The van der Waals surface area contributed by atoms with E-state index < -0.39 is 0 Å². The number of halogens is 2. The maximum absolute atomic E-state index is 13.3. The van der Waals surface area contributed by atoms with Crippen LogP contribution in [-0.4, -0.2) is 0 Å². The summed E-state index contributed by atoms with van der Waals surface area (Å²) in [5.74, 6) is 5.35. The summed E-state index contributed by atoms with van der Waals surface area (Å²) >= 11 is 3.43. The van der Waals surface area contributed by atoms with Crippen LogP contribution in [0.5, 0.6) is 0 Å². The molecule has 0 bridgehead atoms. The number of hydrogen-bond acceptors (Lipinski definition) is 2. The minimum absolute atomic E-state index is 0.132. The van der Waals surface area contributed by atoms with Gasteiger partial charge in [-0.1, -0.05) is 45.8 Å². The molecule has 0 aliphatic heterocycles. The van der Waals surface area contributed by atoms with Gasteiger partial charge in [-0.25, -0.2) is 4.39 Å². The second-order valence-electron chi connectivity index (χ2n) is 4.57. The van der Waals surface area contributed by atoms with Gasteiger partial charge in [-0.15, -0.1) is 0 Å². The van der Waals surface area contributed by atoms with Crippen molar-refractivity contribution in [3.63, 3.8) is 0 Å². The van der Waals surface area contributed by atoms with E-state index in [0.717, 1.165) is 15.6 Å². The Bertz CT molecular complexity index is 555. The first kappa shape index (κ1) is 14.2. The lowest BCUT2D eigenvalue weighted by Crippen LogP contribution is -2.30. The Hall–Kier alpha value is -1.23. The Morgan fingerprint density at radius 2 is 1.89 bits per heavy atom. The van der Waals surface area contributed by atoms with Gasteiger partial charge in [0.15, 0.2) is 0 Å². The lowest BCUT2D eigenvalue weighted by molar-refractivity contribution is 0.542. The van der Waals surface area contributed by atoms with Crippen molar-refractivity contribution in [3.05, 3.63) is 69.4 Å². The number of nitrogens with one attached hydrogen (secondary N) is 1. The van der Waals surface area contributed by atoms with Crippen LogP contribution in [0.4, 0.5) is 4.39 Å². The Balaban J connectivity index is 2.24. The Morgan fingerprint density at radius 1 is 1.21 bits per heavy atom. The number of benzene rings is 2. The highest BCUT2D eigenvalue weighted by molar-refractivity contribution is 9.10. The lowest BCUT2D eigenvalue weighted by Gasteiger charge is -2.18. The number of hydrazine groups is 1. The molecule has 0 radical (unpaired) electrons. The average Bonchev–Trinajstić information content (AvgIpc) is 2.41. The third-order valence-corrected chi connectivity index (χ3v) is 3.82. The Morgan fingerprint density at radius 3 is 2.53 bits per heavy atom. The molecule has 0 fully saturated rings. The van der Waals surface area contributed by atoms with Crippen molar-refractivity contribution in [2.75, 3.05) is 0 Å². The Kier molecular flexibility index (Phi) is 4.69. The van der Waals surface area contributed by atoms with Crippen LogP contribution < -0.4 is 11.3 Å². The van der Waals surface area contributed by atoms with Gasteiger partial charge >= 0.3 is 0 Å². The molecule has 100 valence electrons. The summed E-state index contributed by atoms with van der Waals surface area (Å²) in [7, 11) is 0. The van der Waals surface area contributed by atoms with E-state index in [-0.39, 0.29) is 11.9 Å². The van der Waals surface area contributed by atoms with Crippen LogP contribution in [0, 0.1) is 12.7 Å². The molecule has 1 atom stereocenters. The van der Waals surface area contributed by atoms with Crippen LogP contribution in [0.3, 0.4) is 0 Å². The fourth-order valence-corrected chi connectivity index (χ4v) is 2.52. The maximum Gasteiger partial charge on any atom is 0.123 e. The maximum atomic E-state index is 13.3. The summed E-state index contributed by atoms with van der Waals surface area (Å²) in [5, 5.41) is 0. The predicted molar refractivity (Wildman–Crippen MR) is 79.0 cm³/mol. The normalized spacial score (nSPS) is 12.4. The first-order valence-corrected chi connectivity index (χ1v) is 6.86. The first-order valence-electron chi connectivity index (χ1n) is 6.07. The van der Waals surface area contributed by atoms with Gasteiger partial charge in [0.25, 0.3) is 0 Å². The second kappa shape index (κ2) is 6.28. The minimum Gasteiger partial charge on any atom is -0.271 e. The van der Waals surface area contributed by atoms with Gasteiger partial charge in [0.2, 0.25) is 0 Å². The van der Waals surface area contributed by atoms with Gasteiger partial charge in [0, 0.05) is 4.47 Å².